The average Bonchev–Trinajstić information content (AvgIpc) is 2.52. The van der Waals surface area contributed by atoms with Gasteiger partial charge in [-0.15, -0.1) is 0 Å². The first-order valence-electron chi connectivity index (χ1n) is 7.10. The summed E-state index contributed by atoms with van der Waals surface area (Å²) in [6.07, 6.45) is 1.09. The highest BCUT2D eigenvalue weighted by Crippen LogP contribution is 2.21. The van der Waals surface area contributed by atoms with Gasteiger partial charge in [0.05, 0.1) is 7.11 Å². The Balaban J connectivity index is 1.99. The predicted octanol–water partition coefficient (Wildman–Crippen LogP) is 3.67. The number of hydrogen-bond donors (Lipinski definition) is 1. The van der Waals surface area contributed by atoms with Crippen molar-refractivity contribution in [2.24, 2.45) is 5.73 Å². The van der Waals surface area contributed by atoms with E-state index in [-0.39, 0.29) is 11.8 Å². The molecular weight excluding hydrogens is 262 g/mol. The molecule has 0 aromatic heterocycles. The molecule has 0 saturated heterocycles. The van der Waals surface area contributed by atoms with Crippen molar-refractivity contribution < 1.29 is 9.53 Å². The van der Waals surface area contributed by atoms with Crippen molar-refractivity contribution in [2.75, 3.05) is 7.11 Å². The number of hydrogen-bond acceptors (Lipinski definition) is 3. The number of ether oxygens (including phenoxy) is 1. The summed E-state index contributed by atoms with van der Waals surface area (Å²) in [5.74, 6) is 0.895. The van der Waals surface area contributed by atoms with Crippen molar-refractivity contribution in [3.63, 3.8) is 0 Å². The Hall–Kier alpha value is -2.13. The van der Waals surface area contributed by atoms with E-state index in [0.717, 1.165) is 22.4 Å². The van der Waals surface area contributed by atoms with E-state index in [4.69, 9.17) is 10.5 Å². The van der Waals surface area contributed by atoms with Gasteiger partial charge in [-0.2, -0.15) is 0 Å². The maximum Gasteiger partial charge on any atom is 0.163 e. The number of carbonyl (C=O) groups excluding carboxylic acids is 1. The molecule has 3 nitrogen and oxygen atoms in total. The fourth-order valence-corrected chi connectivity index (χ4v) is 2.36. The van der Waals surface area contributed by atoms with Gasteiger partial charge < -0.3 is 10.5 Å². The Labute approximate surface area is 125 Å². The summed E-state index contributed by atoms with van der Waals surface area (Å²) in [6.45, 7) is 1.92. The highest BCUT2D eigenvalue weighted by atomic mass is 16.5. The third-order valence-corrected chi connectivity index (χ3v) is 3.64. The first kappa shape index (κ1) is 15.3. The molecule has 110 valence electrons. The Morgan fingerprint density at radius 2 is 1.90 bits per heavy atom. The maximum atomic E-state index is 12.3. The number of rotatable bonds is 6. The molecule has 1 unspecified atom stereocenters. The summed E-state index contributed by atoms with van der Waals surface area (Å²) in [5, 5.41) is 0. The number of Topliss-reactive ketones (excluding diaryl/α,β-unsaturated/α-hetero) is 1. The summed E-state index contributed by atoms with van der Waals surface area (Å²) in [4.78, 5) is 12.3. The minimum Gasteiger partial charge on any atom is -0.497 e. The SMILES string of the molecule is COc1ccc(C(=O)CCC(N)c2ccccc2)c(C)c1. The third kappa shape index (κ3) is 3.92. The summed E-state index contributed by atoms with van der Waals surface area (Å²) in [7, 11) is 1.62. The quantitative estimate of drug-likeness (QED) is 0.823. The molecular formula is C18H21NO2. The average molecular weight is 283 g/mol. The van der Waals surface area contributed by atoms with Gasteiger partial charge in [0.15, 0.2) is 5.78 Å². The Bertz CT molecular complexity index is 608. The van der Waals surface area contributed by atoms with Crippen LogP contribution in [0, 0.1) is 6.92 Å². The minimum atomic E-state index is -0.103. The van der Waals surface area contributed by atoms with Crippen LogP contribution >= 0.6 is 0 Å². The van der Waals surface area contributed by atoms with Gasteiger partial charge in [-0.05, 0) is 42.7 Å². The van der Waals surface area contributed by atoms with Crippen LogP contribution in [0.1, 0.15) is 40.4 Å². The van der Waals surface area contributed by atoms with Crippen molar-refractivity contribution >= 4 is 5.78 Å². The van der Waals surface area contributed by atoms with E-state index in [9.17, 15) is 4.79 Å². The van der Waals surface area contributed by atoms with Crippen molar-refractivity contribution in [2.45, 2.75) is 25.8 Å². The summed E-state index contributed by atoms with van der Waals surface area (Å²) in [6, 6.07) is 15.3. The molecule has 0 bridgehead atoms. The van der Waals surface area contributed by atoms with Gasteiger partial charge in [0.25, 0.3) is 0 Å². The van der Waals surface area contributed by atoms with Gasteiger partial charge in [0.1, 0.15) is 5.75 Å². The summed E-state index contributed by atoms with van der Waals surface area (Å²) < 4.78 is 5.15. The molecule has 0 amide bonds. The second-order valence-corrected chi connectivity index (χ2v) is 5.16. The van der Waals surface area contributed by atoms with E-state index < -0.39 is 0 Å². The van der Waals surface area contributed by atoms with Crippen LogP contribution in [0.5, 0.6) is 5.75 Å². The standard InChI is InChI=1S/C18H21NO2/c1-13-12-15(21-2)8-9-16(13)18(20)11-10-17(19)14-6-4-3-5-7-14/h3-9,12,17H,10-11,19H2,1-2H3. The van der Waals surface area contributed by atoms with E-state index in [2.05, 4.69) is 0 Å². The number of nitrogens with two attached hydrogens (primary N) is 1. The first-order valence-corrected chi connectivity index (χ1v) is 7.10. The van der Waals surface area contributed by atoms with E-state index >= 15 is 0 Å². The second-order valence-electron chi connectivity index (χ2n) is 5.16. The molecule has 0 radical (unpaired) electrons. The zero-order chi connectivity index (χ0) is 15.2. The highest BCUT2D eigenvalue weighted by Gasteiger charge is 2.13. The predicted molar refractivity (Wildman–Crippen MR) is 84.7 cm³/mol. The molecule has 2 N–H and O–H groups in total. The first-order chi connectivity index (χ1) is 10.1. The maximum absolute atomic E-state index is 12.3. The van der Waals surface area contributed by atoms with Crippen molar-refractivity contribution in [1.29, 1.82) is 0 Å². The van der Waals surface area contributed by atoms with Crippen LogP contribution in [0.4, 0.5) is 0 Å². The van der Waals surface area contributed by atoms with Crippen molar-refractivity contribution in [3.8, 4) is 5.75 Å². The molecule has 2 rings (SSSR count). The van der Waals surface area contributed by atoms with E-state index in [1.54, 1.807) is 7.11 Å². The molecule has 0 fully saturated rings. The monoisotopic (exact) mass is 283 g/mol. The lowest BCUT2D eigenvalue weighted by Gasteiger charge is -2.12. The van der Waals surface area contributed by atoms with Gasteiger partial charge in [-0.1, -0.05) is 30.3 Å². The number of ketones is 1. The smallest absolute Gasteiger partial charge is 0.163 e. The molecule has 0 heterocycles. The van der Waals surface area contributed by atoms with Crippen LogP contribution in [-0.2, 0) is 0 Å². The van der Waals surface area contributed by atoms with Gasteiger partial charge in [0.2, 0.25) is 0 Å². The van der Waals surface area contributed by atoms with Gasteiger partial charge in [-0.25, -0.2) is 0 Å². The number of methoxy groups -OCH3 is 1. The van der Waals surface area contributed by atoms with Crippen LogP contribution in [0.15, 0.2) is 48.5 Å². The molecule has 1 atom stereocenters. The lowest BCUT2D eigenvalue weighted by atomic mass is 9.97. The highest BCUT2D eigenvalue weighted by molar-refractivity contribution is 5.97. The molecule has 0 saturated carbocycles. The van der Waals surface area contributed by atoms with E-state index in [1.165, 1.54) is 0 Å². The normalized spacial score (nSPS) is 12.0. The third-order valence-electron chi connectivity index (χ3n) is 3.64. The molecule has 0 aliphatic heterocycles. The zero-order valence-corrected chi connectivity index (χ0v) is 12.5. The Kier molecular flexibility index (Phi) is 5.12. The molecule has 0 aliphatic rings. The second kappa shape index (κ2) is 7.04. The molecule has 21 heavy (non-hydrogen) atoms. The lowest BCUT2D eigenvalue weighted by Crippen LogP contribution is -2.13. The summed E-state index contributed by atoms with van der Waals surface area (Å²) >= 11 is 0. The van der Waals surface area contributed by atoms with Gasteiger partial charge in [-0.3, -0.25) is 4.79 Å². The fourth-order valence-electron chi connectivity index (χ4n) is 2.36. The van der Waals surface area contributed by atoms with Crippen molar-refractivity contribution in [1.82, 2.24) is 0 Å². The molecule has 0 aliphatic carbocycles. The number of carbonyl (C=O) groups is 1. The van der Waals surface area contributed by atoms with E-state index in [1.807, 2.05) is 55.5 Å². The van der Waals surface area contributed by atoms with Crippen LogP contribution in [0.25, 0.3) is 0 Å². The largest absolute Gasteiger partial charge is 0.497 e. The van der Waals surface area contributed by atoms with Crippen molar-refractivity contribution in [3.05, 3.63) is 65.2 Å². The lowest BCUT2D eigenvalue weighted by molar-refractivity contribution is 0.0977. The van der Waals surface area contributed by atoms with Gasteiger partial charge >= 0.3 is 0 Å². The van der Waals surface area contributed by atoms with E-state index in [0.29, 0.717) is 12.8 Å². The van der Waals surface area contributed by atoms with Gasteiger partial charge in [0, 0.05) is 18.0 Å². The minimum absolute atomic E-state index is 0.103. The number of benzene rings is 2. The molecule has 2 aromatic rings. The number of aryl methyl sites for hydroxylation is 1. The van der Waals surface area contributed by atoms with Crippen LogP contribution < -0.4 is 10.5 Å². The molecule has 3 heteroatoms. The van der Waals surface area contributed by atoms with Crippen LogP contribution in [0.2, 0.25) is 0 Å². The zero-order valence-electron chi connectivity index (χ0n) is 12.5. The molecule has 0 spiro atoms. The topological polar surface area (TPSA) is 52.3 Å². The Morgan fingerprint density at radius 3 is 2.52 bits per heavy atom. The molecule has 2 aromatic carbocycles. The summed E-state index contributed by atoms with van der Waals surface area (Å²) in [5.41, 5.74) is 8.88. The van der Waals surface area contributed by atoms with Crippen LogP contribution in [0.3, 0.4) is 0 Å². The fraction of sp³-hybridized carbons (Fsp3) is 0.278. The van der Waals surface area contributed by atoms with Crippen LogP contribution in [-0.4, -0.2) is 12.9 Å². The Morgan fingerprint density at radius 1 is 1.19 bits per heavy atom.